The van der Waals surface area contributed by atoms with Gasteiger partial charge in [0.05, 0.1) is 11.9 Å². The second-order valence-electron chi connectivity index (χ2n) is 4.19. The molecule has 0 amide bonds. The van der Waals surface area contributed by atoms with Gasteiger partial charge in [0.25, 0.3) is 0 Å². The Kier molecular flexibility index (Phi) is 3.11. The van der Waals surface area contributed by atoms with Crippen LogP contribution in [0.5, 0.6) is 0 Å². The Bertz CT molecular complexity index is 800. The summed E-state index contributed by atoms with van der Waals surface area (Å²) in [4.78, 5) is 27.2. The van der Waals surface area contributed by atoms with Gasteiger partial charge < -0.3 is 10.1 Å². The molecular weight excluding hydrogens is 276 g/mol. The Balaban J connectivity index is 2.09. The first kappa shape index (κ1) is 12.6. The Labute approximate surface area is 118 Å². The van der Waals surface area contributed by atoms with Gasteiger partial charge in [-0.1, -0.05) is 17.8 Å². The van der Waals surface area contributed by atoms with Crippen molar-refractivity contribution in [2.45, 2.75) is 16.8 Å². The number of aromatic carboxylic acids is 1. The van der Waals surface area contributed by atoms with Gasteiger partial charge in [-0.15, -0.1) is 0 Å². The van der Waals surface area contributed by atoms with E-state index in [1.54, 1.807) is 12.1 Å². The maximum absolute atomic E-state index is 11.3. The Morgan fingerprint density at radius 2 is 2.15 bits per heavy atom. The summed E-state index contributed by atoms with van der Waals surface area (Å²) < 4.78 is 0. The third-order valence-electron chi connectivity index (χ3n) is 2.76. The molecule has 7 heteroatoms. The van der Waals surface area contributed by atoms with Crippen molar-refractivity contribution < 1.29 is 9.90 Å². The summed E-state index contributed by atoms with van der Waals surface area (Å²) in [5, 5.41) is 9.89. The summed E-state index contributed by atoms with van der Waals surface area (Å²) in [6.07, 6.45) is 2.96. The lowest BCUT2D eigenvalue weighted by molar-refractivity contribution is 0.0693. The number of aromatic nitrogens is 4. The number of imidazole rings is 1. The normalized spacial score (nSPS) is 10.8. The van der Waals surface area contributed by atoms with Crippen LogP contribution in [0.1, 0.15) is 15.9 Å². The lowest BCUT2D eigenvalue weighted by atomic mass is 10.1. The first-order valence-corrected chi connectivity index (χ1v) is 6.62. The molecule has 0 atom stereocenters. The quantitative estimate of drug-likeness (QED) is 0.719. The van der Waals surface area contributed by atoms with Crippen molar-refractivity contribution in [2.75, 3.05) is 0 Å². The summed E-state index contributed by atoms with van der Waals surface area (Å²) in [5.41, 5.74) is 2.52. The van der Waals surface area contributed by atoms with Gasteiger partial charge in [0.2, 0.25) is 0 Å². The zero-order chi connectivity index (χ0) is 14.1. The number of carbonyl (C=O) groups is 1. The number of carboxylic acid groups (broad SMARTS) is 1. The molecule has 2 aromatic heterocycles. The van der Waals surface area contributed by atoms with E-state index in [0.29, 0.717) is 21.1 Å². The smallest absolute Gasteiger partial charge is 0.336 e. The monoisotopic (exact) mass is 286 g/mol. The van der Waals surface area contributed by atoms with Crippen molar-refractivity contribution in [1.82, 2.24) is 19.9 Å². The molecule has 3 rings (SSSR count). The van der Waals surface area contributed by atoms with Crippen LogP contribution in [0.3, 0.4) is 0 Å². The standard InChI is InChI=1S/C13H10N4O2S/c1-7-2-3-8(13(18)19)9(4-7)20-12-10-11(15-5-14-10)16-6-17-12/h2-6H,1H3,(H,18,19)(H,14,15,16,17). The van der Waals surface area contributed by atoms with Gasteiger partial charge in [-0.2, -0.15) is 0 Å². The predicted octanol–water partition coefficient (Wildman–Crippen LogP) is 2.51. The van der Waals surface area contributed by atoms with Crippen molar-refractivity contribution >= 4 is 28.9 Å². The number of H-pyrrole nitrogens is 1. The van der Waals surface area contributed by atoms with Crippen molar-refractivity contribution in [3.8, 4) is 0 Å². The van der Waals surface area contributed by atoms with E-state index < -0.39 is 5.97 Å². The van der Waals surface area contributed by atoms with Crippen molar-refractivity contribution in [1.29, 1.82) is 0 Å². The van der Waals surface area contributed by atoms with Crippen molar-refractivity contribution in [3.63, 3.8) is 0 Å². The lowest BCUT2D eigenvalue weighted by Crippen LogP contribution is -1.99. The maximum atomic E-state index is 11.3. The number of aryl methyl sites for hydroxylation is 1. The fourth-order valence-corrected chi connectivity index (χ4v) is 2.89. The molecular formula is C13H10N4O2S. The molecule has 0 bridgehead atoms. The van der Waals surface area contributed by atoms with Crippen LogP contribution >= 0.6 is 11.8 Å². The largest absolute Gasteiger partial charge is 0.478 e. The molecule has 0 saturated heterocycles. The summed E-state index contributed by atoms with van der Waals surface area (Å²) in [6.45, 7) is 1.92. The van der Waals surface area contributed by atoms with E-state index in [1.165, 1.54) is 24.4 Å². The van der Waals surface area contributed by atoms with E-state index in [-0.39, 0.29) is 5.56 Å². The molecule has 6 nitrogen and oxygen atoms in total. The SMILES string of the molecule is Cc1ccc(C(=O)O)c(Sc2ncnc3nc[nH]c23)c1. The van der Waals surface area contributed by atoms with Gasteiger partial charge in [0, 0.05) is 4.90 Å². The number of fused-ring (bicyclic) bond motifs is 1. The minimum absolute atomic E-state index is 0.256. The van der Waals surface area contributed by atoms with Crippen LogP contribution in [0.2, 0.25) is 0 Å². The van der Waals surface area contributed by atoms with Gasteiger partial charge in [-0.05, 0) is 24.6 Å². The Morgan fingerprint density at radius 3 is 2.95 bits per heavy atom. The third kappa shape index (κ3) is 2.23. The minimum atomic E-state index is -0.956. The van der Waals surface area contributed by atoms with Gasteiger partial charge in [-0.3, -0.25) is 0 Å². The number of hydrogen-bond donors (Lipinski definition) is 2. The maximum Gasteiger partial charge on any atom is 0.336 e. The number of aromatic amines is 1. The molecule has 2 heterocycles. The summed E-state index contributed by atoms with van der Waals surface area (Å²) >= 11 is 1.29. The Hall–Kier alpha value is -2.41. The number of carboxylic acids is 1. The highest BCUT2D eigenvalue weighted by Crippen LogP contribution is 2.32. The molecule has 1 aromatic carbocycles. The second kappa shape index (κ2) is 4.93. The first-order valence-electron chi connectivity index (χ1n) is 5.81. The molecule has 20 heavy (non-hydrogen) atoms. The summed E-state index contributed by atoms with van der Waals surface area (Å²) in [7, 11) is 0. The van der Waals surface area contributed by atoms with Crippen LogP contribution in [0, 0.1) is 6.92 Å². The molecule has 100 valence electrons. The zero-order valence-electron chi connectivity index (χ0n) is 10.5. The molecule has 0 aliphatic rings. The number of nitrogens with zero attached hydrogens (tertiary/aromatic N) is 3. The average Bonchev–Trinajstić information content (AvgIpc) is 2.88. The summed E-state index contributed by atoms with van der Waals surface area (Å²) in [6, 6.07) is 5.21. The fraction of sp³-hybridized carbons (Fsp3) is 0.0769. The molecule has 0 radical (unpaired) electrons. The fourth-order valence-electron chi connectivity index (χ4n) is 1.82. The molecule has 3 aromatic rings. The van der Waals surface area contributed by atoms with Gasteiger partial charge >= 0.3 is 5.97 Å². The predicted molar refractivity (Wildman–Crippen MR) is 73.9 cm³/mol. The van der Waals surface area contributed by atoms with E-state index in [0.717, 1.165) is 5.56 Å². The van der Waals surface area contributed by atoms with Gasteiger partial charge in [-0.25, -0.2) is 19.7 Å². The van der Waals surface area contributed by atoms with Crippen LogP contribution in [0.4, 0.5) is 0 Å². The number of nitrogens with one attached hydrogen (secondary N) is 1. The van der Waals surface area contributed by atoms with Crippen LogP contribution in [-0.4, -0.2) is 31.0 Å². The van der Waals surface area contributed by atoms with Gasteiger partial charge in [0.1, 0.15) is 16.9 Å². The van der Waals surface area contributed by atoms with Crippen LogP contribution < -0.4 is 0 Å². The van der Waals surface area contributed by atoms with Crippen molar-refractivity contribution in [3.05, 3.63) is 42.0 Å². The van der Waals surface area contributed by atoms with Crippen molar-refractivity contribution in [2.24, 2.45) is 0 Å². The van der Waals surface area contributed by atoms with Gasteiger partial charge in [0.15, 0.2) is 5.65 Å². The zero-order valence-corrected chi connectivity index (χ0v) is 11.3. The number of benzene rings is 1. The molecule has 2 N–H and O–H groups in total. The average molecular weight is 286 g/mol. The van der Waals surface area contributed by atoms with E-state index in [4.69, 9.17) is 0 Å². The second-order valence-corrected chi connectivity index (χ2v) is 5.22. The van der Waals surface area contributed by atoms with Crippen LogP contribution in [0.25, 0.3) is 11.2 Å². The Morgan fingerprint density at radius 1 is 1.30 bits per heavy atom. The van der Waals surface area contributed by atoms with Crippen LogP contribution in [-0.2, 0) is 0 Å². The molecule has 0 spiro atoms. The molecule has 0 aliphatic carbocycles. The highest BCUT2D eigenvalue weighted by molar-refractivity contribution is 7.99. The summed E-state index contributed by atoms with van der Waals surface area (Å²) in [5.74, 6) is -0.956. The molecule has 0 unspecified atom stereocenters. The molecule has 0 fully saturated rings. The van der Waals surface area contributed by atoms with E-state index >= 15 is 0 Å². The molecule has 0 aliphatic heterocycles. The van der Waals surface area contributed by atoms with E-state index in [2.05, 4.69) is 19.9 Å². The van der Waals surface area contributed by atoms with E-state index in [9.17, 15) is 9.90 Å². The lowest BCUT2D eigenvalue weighted by Gasteiger charge is -2.06. The number of rotatable bonds is 3. The minimum Gasteiger partial charge on any atom is -0.478 e. The highest BCUT2D eigenvalue weighted by atomic mass is 32.2. The van der Waals surface area contributed by atoms with E-state index in [1.807, 2.05) is 13.0 Å². The molecule has 0 saturated carbocycles. The third-order valence-corrected chi connectivity index (χ3v) is 3.82. The highest BCUT2D eigenvalue weighted by Gasteiger charge is 2.14. The number of hydrogen-bond acceptors (Lipinski definition) is 5. The first-order chi connectivity index (χ1) is 9.65. The van der Waals surface area contributed by atoms with Crippen LogP contribution in [0.15, 0.2) is 40.8 Å². The topological polar surface area (TPSA) is 91.8 Å².